The Kier molecular flexibility index (Phi) is 7.27. The number of likely N-dealkylation sites (tertiary alicyclic amines) is 1. The van der Waals surface area contributed by atoms with Crippen LogP contribution in [0.5, 0.6) is 0 Å². The molecular weight excluding hydrogens is 292 g/mol. The number of hydrogen-bond donors (Lipinski definition) is 2. The molecular formula is C17H34N4O2. The van der Waals surface area contributed by atoms with Gasteiger partial charge in [-0.1, -0.05) is 6.92 Å². The van der Waals surface area contributed by atoms with E-state index < -0.39 is 0 Å². The van der Waals surface area contributed by atoms with E-state index in [9.17, 15) is 9.90 Å². The first-order chi connectivity index (χ1) is 11.0. The zero-order chi connectivity index (χ0) is 16.8. The summed E-state index contributed by atoms with van der Waals surface area (Å²) in [5, 5.41) is 12.7. The van der Waals surface area contributed by atoms with Crippen molar-refractivity contribution in [2.24, 2.45) is 0 Å². The summed E-state index contributed by atoms with van der Waals surface area (Å²) < 4.78 is 0. The van der Waals surface area contributed by atoms with Crippen LogP contribution >= 0.6 is 0 Å². The quantitative estimate of drug-likeness (QED) is 0.718. The normalized spacial score (nSPS) is 27.0. The molecule has 0 aromatic carbocycles. The number of piperazine rings is 1. The topological polar surface area (TPSA) is 59.1 Å². The molecule has 1 amide bonds. The first-order valence-electron chi connectivity index (χ1n) is 9.14. The van der Waals surface area contributed by atoms with Gasteiger partial charge in [-0.05, 0) is 33.2 Å². The molecule has 2 N–H and O–H groups in total. The van der Waals surface area contributed by atoms with Gasteiger partial charge in [0.15, 0.2) is 0 Å². The number of β-amino-alcohol motifs (C(OH)–C–C–N with tert-alkyl or cyclic N) is 1. The van der Waals surface area contributed by atoms with Crippen LogP contribution in [-0.2, 0) is 4.79 Å². The van der Waals surface area contributed by atoms with Crippen molar-refractivity contribution in [3.8, 4) is 0 Å². The molecule has 2 atom stereocenters. The van der Waals surface area contributed by atoms with Crippen LogP contribution in [0.25, 0.3) is 0 Å². The average molecular weight is 326 g/mol. The predicted octanol–water partition coefficient (Wildman–Crippen LogP) is -0.0262. The summed E-state index contributed by atoms with van der Waals surface area (Å²) in [5.74, 6) is 0.163. The average Bonchev–Trinajstić information content (AvgIpc) is 2.50. The fourth-order valence-corrected chi connectivity index (χ4v) is 3.69. The van der Waals surface area contributed by atoms with Crippen LogP contribution in [0.15, 0.2) is 0 Å². The number of aliphatic hydroxyl groups is 1. The number of rotatable bonds is 6. The summed E-state index contributed by atoms with van der Waals surface area (Å²) in [6, 6.07) is 0.734. The molecule has 2 aliphatic rings. The van der Waals surface area contributed by atoms with E-state index in [0.29, 0.717) is 18.6 Å². The maximum absolute atomic E-state index is 12.3. The van der Waals surface area contributed by atoms with E-state index in [1.165, 1.54) is 0 Å². The van der Waals surface area contributed by atoms with Gasteiger partial charge in [0.05, 0.1) is 12.6 Å². The highest BCUT2D eigenvalue weighted by Crippen LogP contribution is 2.11. The van der Waals surface area contributed by atoms with E-state index in [2.05, 4.69) is 33.9 Å². The molecule has 2 saturated heterocycles. The molecule has 2 rings (SSSR count). The maximum Gasteiger partial charge on any atom is 0.234 e. The number of nitrogens with zero attached hydrogens (tertiary/aromatic N) is 3. The zero-order valence-corrected chi connectivity index (χ0v) is 15.0. The van der Waals surface area contributed by atoms with E-state index in [4.69, 9.17) is 0 Å². The molecule has 6 heteroatoms. The van der Waals surface area contributed by atoms with Gasteiger partial charge in [0, 0.05) is 51.4 Å². The SMILES string of the molecule is CCN1CCC(NC(=O)CN2CCN(CC(C)O)C(C)C2)CC1. The number of piperidine rings is 1. The summed E-state index contributed by atoms with van der Waals surface area (Å²) in [4.78, 5) is 19.3. The Bertz CT molecular complexity index is 370. The van der Waals surface area contributed by atoms with Crippen molar-refractivity contribution in [2.75, 3.05) is 52.4 Å². The van der Waals surface area contributed by atoms with E-state index in [0.717, 1.165) is 58.7 Å². The summed E-state index contributed by atoms with van der Waals surface area (Å²) >= 11 is 0. The van der Waals surface area contributed by atoms with Gasteiger partial charge in [-0.25, -0.2) is 0 Å². The van der Waals surface area contributed by atoms with E-state index in [1.807, 2.05) is 6.92 Å². The van der Waals surface area contributed by atoms with Gasteiger partial charge in [-0.3, -0.25) is 14.6 Å². The van der Waals surface area contributed by atoms with Crippen LogP contribution in [0.1, 0.15) is 33.6 Å². The Hall–Kier alpha value is -0.690. The second-order valence-electron chi connectivity index (χ2n) is 7.20. The van der Waals surface area contributed by atoms with Crippen molar-refractivity contribution >= 4 is 5.91 Å². The molecule has 0 saturated carbocycles. The number of carbonyl (C=O) groups excluding carboxylic acids is 1. The molecule has 0 aliphatic carbocycles. The van der Waals surface area contributed by atoms with Gasteiger partial charge in [-0.2, -0.15) is 0 Å². The largest absolute Gasteiger partial charge is 0.392 e. The Morgan fingerprint density at radius 2 is 1.91 bits per heavy atom. The van der Waals surface area contributed by atoms with Gasteiger partial charge in [0.1, 0.15) is 0 Å². The molecule has 0 bridgehead atoms. The van der Waals surface area contributed by atoms with Crippen molar-refractivity contribution in [1.82, 2.24) is 20.0 Å². The smallest absolute Gasteiger partial charge is 0.234 e. The first kappa shape index (κ1) is 18.6. The molecule has 0 aromatic rings. The van der Waals surface area contributed by atoms with E-state index >= 15 is 0 Å². The molecule has 2 fully saturated rings. The lowest BCUT2D eigenvalue weighted by Crippen LogP contribution is -2.56. The van der Waals surface area contributed by atoms with Crippen molar-refractivity contribution in [2.45, 2.75) is 51.8 Å². The first-order valence-corrected chi connectivity index (χ1v) is 9.14. The molecule has 0 spiro atoms. The van der Waals surface area contributed by atoms with Crippen LogP contribution in [0.4, 0.5) is 0 Å². The number of aliphatic hydroxyl groups excluding tert-OH is 1. The second-order valence-corrected chi connectivity index (χ2v) is 7.20. The van der Waals surface area contributed by atoms with Crippen LogP contribution in [-0.4, -0.2) is 96.3 Å². The molecule has 2 aliphatic heterocycles. The van der Waals surface area contributed by atoms with Gasteiger partial charge < -0.3 is 15.3 Å². The molecule has 0 aromatic heterocycles. The lowest BCUT2D eigenvalue weighted by molar-refractivity contribution is -0.124. The Morgan fingerprint density at radius 1 is 1.22 bits per heavy atom. The van der Waals surface area contributed by atoms with Gasteiger partial charge in [0.2, 0.25) is 5.91 Å². The Labute approximate surface area is 140 Å². The Morgan fingerprint density at radius 3 is 2.48 bits per heavy atom. The number of hydrogen-bond acceptors (Lipinski definition) is 5. The van der Waals surface area contributed by atoms with E-state index in [1.54, 1.807) is 0 Å². The fourth-order valence-electron chi connectivity index (χ4n) is 3.69. The molecule has 2 heterocycles. The summed E-state index contributed by atoms with van der Waals surface area (Å²) in [7, 11) is 0. The zero-order valence-electron chi connectivity index (χ0n) is 15.0. The number of nitrogens with one attached hydrogen (secondary N) is 1. The summed E-state index contributed by atoms with van der Waals surface area (Å²) in [6.07, 6.45) is 1.84. The van der Waals surface area contributed by atoms with Crippen LogP contribution in [0, 0.1) is 0 Å². The van der Waals surface area contributed by atoms with Gasteiger partial charge in [-0.15, -0.1) is 0 Å². The Balaban J connectivity index is 1.68. The summed E-state index contributed by atoms with van der Waals surface area (Å²) in [5.41, 5.74) is 0. The fraction of sp³-hybridized carbons (Fsp3) is 0.941. The third kappa shape index (κ3) is 6.03. The lowest BCUT2D eigenvalue weighted by atomic mass is 10.1. The highest BCUT2D eigenvalue weighted by molar-refractivity contribution is 5.78. The van der Waals surface area contributed by atoms with Crippen molar-refractivity contribution in [3.05, 3.63) is 0 Å². The van der Waals surface area contributed by atoms with Crippen molar-refractivity contribution in [3.63, 3.8) is 0 Å². The van der Waals surface area contributed by atoms with Crippen LogP contribution in [0.3, 0.4) is 0 Å². The number of carbonyl (C=O) groups is 1. The summed E-state index contributed by atoms with van der Waals surface area (Å²) in [6.45, 7) is 13.4. The highest BCUT2D eigenvalue weighted by Gasteiger charge is 2.26. The molecule has 134 valence electrons. The van der Waals surface area contributed by atoms with Gasteiger partial charge in [0.25, 0.3) is 0 Å². The number of amides is 1. The third-order valence-corrected chi connectivity index (χ3v) is 5.12. The molecule has 23 heavy (non-hydrogen) atoms. The minimum absolute atomic E-state index is 0.163. The van der Waals surface area contributed by atoms with Crippen LogP contribution < -0.4 is 5.32 Å². The molecule has 6 nitrogen and oxygen atoms in total. The van der Waals surface area contributed by atoms with E-state index in [-0.39, 0.29) is 12.0 Å². The standard InChI is InChI=1S/C17H34N4O2/c1-4-19-7-5-16(6-8-19)18-17(23)13-20-9-10-21(12-15(3)22)14(2)11-20/h14-16,22H,4-13H2,1-3H3,(H,18,23). The lowest BCUT2D eigenvalue weighted by Gasteiger charge is -2.40. The van der Waals surface area contributed by atoms with Crippen molar-refractivity contribution < 1.29 is 9.90 Å². The third-order valence-electron chi connectivity index (χ3n) is 5.12. The molecule has 2 unspecified atom stereocenters. The minimum Gasteiger partial charge on any atom is -0.392 e. The van der Waals surface area contributed by atoms with Gasteiger partial charge >= 0.3 is 0 Å². The molecule has 0 radical (unpaired) electrons. The minimum atomic E-state index is -0.290. The second kappa shape index (κ2) is 8.97. The highest BCUT2D eigenvalue weighted by atomic mass is 16.3. The maximum atomic E-state index is 12.3. The monoisotopic (exact) mass is 326 g/mol. The van der Waals surface area contributed by atoms with Crippen molar-refractivity contribution in [1.29, 1.82) is 0 Å². The van der Waals surface area contributed by atoms with Crippen LogP contribution in [0.2, 0.25) is 0 Å². The predicted molar refractivity (Wildman–Crippen MR) is 92.4 cm³/mol.